The van der Waals surface area contributed by atoms with Crippen molar-refractivity contribution in [3.63, 3.8) is 0 Å². The molecule has 4 rings (SSSR count). The summed E-state index contributed by atoms with van der Waals surface area (Å²) in [7, 11) is -2.13. The molecular weight excluding hydrogens is 396 g/mol. The molecule has 0 aromatic rings. The summed E-state index contributed by atoms with van der Waals surface area (Å²) in [5, 5.41) is 11.0. The van der Waals surface area contributed by atoms with Gasteiger partial charge in [-0.2, -0.15) is 0 Å². The zero-order chi connectivity index (χ0) is 22.7. The summed E-state index contributed by atoms with van der Waals surface area (Å²) in [6.07, 6.45) is 3.01. The van der Waals surface area contributed by atoms with E-state index in [2.05, 4.69) is 67.6 Å². The van der Waals surface area contributed by atoms with E-state index < -0.39 is 36.8 Å². The van der Waals surface area contributed by atoms with Crippen LogP contribution in [0.3, 0.4) is 0 Å². The highest BCUT2D eigenvalue weighted by Crippen LogP contribution is 2.68. The van der Waals surface area contributed by atoms with E-state index in [-0.39, 0.29) is 35.2 Å². The minimum absolute atomic E-state index is 0.0209. The van der Waals surface area contributed by atoms with E-state index in [0.29, 0.717) is 0 Å². The second kappa shape index (κ2) is 6.20. The summed E-state index contributed by atoms with van der Waals surface area (Å²) >= 11 is 0. The average molecular weight is 439 g/mol. The van der Waals surface area contributed by atoms with Gasteiger partial charge in [-0.25, -0.2) is 0 Å². The zero-order valence-corrected chi connectivity index (χ0v) is 21.7. The van der Waals surface area contributed by atoms with Crippen molar-refractivity contribution in [3.8, 4) is 0 Å². The topological polar surface area (TPSA) is 57.2 Å². The Hall–Kier alpha value is -0.243. The van der Waals surface area contributed by atoms with Crippen LogP contribution in [0, 0.1) is 17.3 Å². The van der Waals surface area contributed by atoms with Gasteiger partial charge in [-0.15, -0.1) is 0 Å². The number of aliphatic hydroxyl groups excluding tert-OH is 1. The van der Waals surface area contributed by atoms with Crippen molar-refractivity contribution in [1.29, 1.82) is 0 Å². The highest BCUT2D eigenvalue weighted by Gasteiger charge is 2.80. The summed E-state index contributed by atoms with van der Waals surface area (Å²) in [5.41, 5.74) is -1.62. The van der Waals surface area contributed by atoms with Crippen LogP contribution >= 0.6 is 0 Å². The third kappa shape index (κ3) is 2.77. The number of fused-ring (bicyclic) bond motifs is 4. The van der Waals surface area contributed by atoms with Gasteiger partial charge in [-0.1, -0.05) is 46.8 Å². The molecule has 1 spiro atoms. The molecule has 2 bridgehead atoms. The van der Waals surface area contributed by atoms with Crippen LogP contribution in [-0.2, 0) is 18.6 Å². The molecule has 172 valence electrons. The van der Waals surface area contributed by atoms with Gasteiger partial charge in [0.1, 0.15) is 5.60 Å². The standard InChI is InChI=1S/C24H42O5Si/c1-14-15(25)12-13-23(9)19-17(26-22(7,8)27-19)16-18(24(14,23)29-21(16,5)6)28-30(10,11)20(2,3)4/h12-19,25H,1-11H3/t14-,15-,16-,17-,18-,19-,23+,24-/m0/s1. The first-order valence-corrected chi connectivity index (χ1v) is 14.4. The van der Waals surface area contributed by atoms with Crippen molar-refractivity contribution in [3.05, 3.63) is 12.2 Å². The fourth-order valence-electron chi connectivity index (χ4n) is 6.36. The van der Waals surface area contributed by atoms with Crippen LogP contribution in [0.2, 0.25) is 18.1 Å². The molecule has 4 aliphatic rings. The van der Waals surface area contributed by atoms with Crippen LogP contribution in [-0.4, -0.2) is 54.8 Å². The van der Waals surface area contributed by atoms with Crippen LogP contribution in [0.5, 0.6) is 0 Å². The summed E-state index contributed by atoms with van der Waals surface area (Å²) in [5.74, 6) is -0.762. The summed E-state index contributed by atoms with van der Waals surface area (Å²) in [4.78, 5) is 0. The third-order valence-electron chi connectivity index (χ3n) is 8.96. The molecule has 2 aliphatic carbocycles. The lowest BCUT2D eigenvalue weighted by atomic mass is 9.51. The Morgan fingerprint density at radius 3 is 2.20 bits per heavy atom. The Morgan fingerprint density at radius 1 is 1.03 bits per heavy atom. The molecule has 3 fully saturated rings. The maximum absolute atomic E-state index is 11.0. The van der Waals surface area contributed by atoms with E-state index in [0.717, 1.165) is 0 Å². The van der Waals surface area contributed by atoms with Crippen molar-refractivity contribution >= 4 is 8.32 Å². The van der Waals surface area contributed by atoms with Gasteiger partial charge >= 0.3 is 0 Å². The molecule has 2 heterocycles. The van der Waals surface area contributed by atoms with Crippen molar-refractivity contribution in [2.24, 2.45) is 17.3 Å². The number of hydrogen-bond acceptors (Lipinski definition) is 5. The van der Waals surface area contributed by atoms with Gasteiger partial charge in [0.25, 0.3) is 0 Å². The molecule has 5 nitrogen and oxygen atoms in total. The normalized spacial score (nSPS) is 49.1. The molecule has 6 heteroatoms. The van der Waals surface area contributed by atoms with Gasteiger partial charge in [0, 0.05) is 17.3 Å². The van der Waals surface area contributed by atoms with E-state index in [4.69, 9.17) is 18.6 Å². The number of aliphatic hydroxyl groups is 1. The van der Waals surface area contributed by atoms with Gasteiger partial charge < -0.3 is 23.7 Å². The Balaban J connectivity index is 1.94. The van der Waals surface area contributed by atoms with Gasteiger partial charge in [-0.05, 0) is 45.8 Å². The molecule has 0 aromatic carbocycles. The fraction of sp³-hybridized carbons (Fsp3) is 0.917. The van der Waals surface area contributed by atoms with Gasteiger partial charge in [0.15, 0.2) is 14.1 Å². The number of rotatable bonds is 2. The van der Waals surface area contributed by atoms with Crippen LogP contribution in [0.15, 0.2) is 12.2 Å². The minimum atomic E-state index is -2.13. The SMILES string of the molecule is C[C@H]1[C@@H](O)C=C[C@]2(C)[C@H]3OC(C)(C)O[C@H]3[C@H]3[C@H](O[Si](C)(C)C(C)(C)C)[C@@]12OC3(C)C. The molecular formula is C24H42O5Si. The molecule has 1 saturated carbocycles. The molecule has 0 unspecified atom stereocenters. The molecule has 0 aromatic heterocycles. The van der Waals surface area contributed by atoms with E-state index >= 15 is 0 Å². The lowest BCUT2D eigenvalue weighted by Gasteiger charge is -2.60. The second-order valence-corrected chi connectivity index (χ2v) is 17.5. The Kier molecular flexibility index (Phi) is 4.74. The highest BCUT2D eigenvalue weighted by atomic mass is 28.4. The third-order valence-corrected chi connectivity index (χ3v) is 13.4. The minimum Gasteiger partial charge on any atom is -0.410 e. The molecule has 0 amide bonds. The first-order valence-electron chi connectivity index (χ1n) is 11.5. The van der Waals surface area contributed by atoms with Gasteiger partial charge in [-0.3, -0.25) is 0 Å². The first-order chi connectivity index (χ1) is 13.4. The maximum atomic E-state index is 11.0. The Bertz CT molecular complexity index is 753. The molecule has 2 aliphatic heterocycles. The maximum Gasteiger partial charge on any atom is 0.192 e. The smallest absolute Gasteiger partial charge is 0.192 e. The quantitative estimate of drug-likeness (QED) is 0.502. The number of ether oxygens (including phenoxy) is 3. The van der Waals surface area contributed by atoms with Gasteiger partial charge in [0.05, 0.1) is 30.0 Å². The van der Waals surface area contributed by atoms with E-state index in [1.54, 1.807) is 0 Å². The van der Waals surface area contributed by atoms with Gasteiger partial charge in [0.2, 0.25) is 0 Å². The lowest BCUT2D eigenvalue weighted by Crippen LogP contribution is -2.73. The zero-order valence-electron chi connectivity index (χ0n) is 20.7. The highest BCUT2D eigenvalue weighted by molar-refractivity contribution is 6.74. The van der Waals surface area contributed by atoms with E-state index in [1.807, 2.05) is 19.9 Å². The molecule has 0 radical (unpaired) electrons. The predicted molar refractivity (Wildman–Crippen MR) is 120 cm³/mol. The van der Waals surface area contributed by atoms with Crippen LogP contribution in [0.25, 0.3) is 0 Å². The average Bonchev–Trinajstić information content (AvgIpc) is 2.98. The lowest BCUT2D eigenvalue weighted by molar-refractivity contribution is -0.241. The van der Waals surface area contributed by atoms with E-state index in [9.17, 15) is 5.11 Å². The predicted octanol–water partition coefficient (Wildman–Crippen LogP) is 4.65. The van der Waals surface area contributed by atoms with E-state index in [1.165, 1.54) is 0 Å². The molecule has 30 heavy (non-hydrogen) atoms. The van der Waals surface area contributed by atoms with Crippen LogP contribution < -0.4 is 0 Å². The van der Waals surface area contributed by atoms with Crippen molar-refractivity contribution in [2.45, 2.75) is 122 Å². The van der Waals surface area contributed by atoms with Crippen molar-refractivity contribution in [2.75, 3.05) is 0 Å². The van der Waals surface area contributed by atoms with Crippen molar-refractivity contribution in [1.82, 2.24) is 0 Å². The molecule has 2 saturated heterocycles. The fourth-order valence-corrected chi connectivity index (χ4v) is 7.67. The Labute approximate surface area is 183 Å². The largest absolute Gasteiger partial charge is 0.410 e. The Morgan fingerprint density at radius 2 is 1.63 bits per heavy atom. The summed E-state index contributed by atoms with van der Waals surface area (Å²) < 4.78 is 27.4. The van der Waals surface area contributed by atoms with Crippen molar-refractivity contribution < 1.29 is 23.7 Å². The molecule has 8 atom stereocenters. The van der Waals surface area contributed by atoms with Crippen LogP contribution in [0.1, 0.15) is 62.3 Å². The monoisotopic (exact) mass is 438 g/mol. The van der Waals surface area contributed by atoms with Crippen LogP contribution in [0.4, 0.5) is 0 Å². The second-order valence-electron chi connectivity index (χ2n) is 12.8. The summed E-state index contributed by atoms with van der Waals surface area (Å²) in [6, 6.07) is 0. The molecule has 1 N–H and O–H groups in total. The first kappa shape index (κ1) is 22.9. The summed E-state index contributed by atoms with van der Waals surface area (Å²) in [6.45, 7) is 24.0. The number of hydrogen-bond donors (Lipinski definition) is 1.